The zero-order chi connectivity index (χ0) is 23.0. The largest absolute Gasteiger partial charge is 0.308 e. The van der Waals surface area contributed by atoms with E-state index in [0.29, 0.717) is 12.2 Å². The Morgan fingerprint density at radius 3 is 2.25 bits per heavy atom. The number of anilines is 3. The molecule has 1 unspecified atom stereocenters. The highest BCUT2D eigenvalue weighted by Crippen LogP contribution is 2.41. The molecule has 170 valence electrons. The molecule has 1 N–H and O–H groups in total. The first-order valence-corrected chi connectivity index (χ1v) is 12.7. The Kier molecular flexibility index (Phi) is 5.99. The zero-order valence-corrected chi connectivity index (χ0v) is 19.5. The second-order valence-corrected chi connectivity index (χ2v) is 10.6. The minimum atomic E-state index is -3.34. The summed E-state index contributed by atoms with van der Waals surface area (Å²) in [7, 11) is -3.34. The lowest BCUT2D eigenvalue weighted by atomic mass is 9.84. The summed E-state index contributed by atoms with van der Waals surface area (Å²) in [6.07, 6.45) is 2.93. The molecule has 1 atom stereocenters. The first-order chi connectivity index (χ1) is 15.2. The topological polar surface area (TPSA) is 86.8 Å². The highest BCUT2D eigenvalue weighted by molar-refractivity contribution is 7.92. The Morgan fingerprint density at radius 1 is 1.03 bits per heavy atom. The summed E-state index contributed by atoms with van der Waals surface area (Å²) in [5.74, 6) is 0.160. The van der Waals surface area contributed by atoms with Gasteiger partial charge in [-0.1, -0.05) is 24.6 Å². The van der Waals surface area contributed by atoms with E-state index in [4.69, 9.17) is 0 Å². The number of nitrogens with zero attached hydrogens (tertiary/aromatic N) is 2. The maximum Gasteiger partial charge on any atom is 0.232 e. The molecule has 1 saturated carbocycles. The fraction of sp³-hybridized carbons (Fsp3) is 0.417. The summed E-state index contributed by atoms with van der Waals surface area (Å²) in [6.45, 7) is 5.58. The fourth-order valence-corrected chi connectivity index (χ4v) is 4.99. The van der Waals surface area contributed by atoms with Crippen LogP contribution in [0.15, 0.2) is 42.5 Å². The molecule has 2 aromatic rings. The first kappa shape index (κ1) is 22.3. The van der Waals surface area contributed by atoms with E-state index in [1.807, 2.05) is 42.2 Å². The minimum Gasteiger partial charge on any atom is -0.308 e. The van der Waals surface area contributed by atoms with E-state index in [1.54, 1.807) is 30.9 Å². The number of carbonyl (C=O) groups is 2. The molecule has 1 heterocycles. The molecular formula is C24H29N3O4S. The SMILES string of the molecule is CCS(=O)(=O)Nc1ccc(-c2ccc3c(c2)N(C(=O)C2CCC2)CC(C)N3C(C)=O)cc1. The van der Waals surface area contributed by atoms with Crippen LogP contribution in [-0.2, 0) is 19.6 Å². The molecule has 2 aliphatic rings. The number of hydrogen-bond donors (Lipinski definition) is 1. The van der Waals surface area contributed by atoms with Crippen molar-refractivity contribution in [2.45, 2.75) is 46.1 Å². The van der Waals surface area contributed by atoms with E-state index in [2.05, 4.69) is 4.72 Å². The van der Waals surface area contributed by atoms with Crippen molar-refractivity contribution < 1.29 is 18.0 Å². The quantitative estimate of drug-likeness (QED) is 0.738. The van der Waals surface area contributed by atoms with Crippen molar-refractivity contribution in [2.75, 3.05) is 26.8 Å². The van der Waals surface area contributed by atoms with Gasteiger partial charge in [0.2, 0.25) is 21.8 Å². The first-order valence-electron chi connectivity index (χ1n) is 11.1. The molecule has 8 heteroatoms. The second-order valence-electron chi connectivity index (χ2n) is 8.60. The Morgan fingerprint density at radius 2 is 1.69 bits per heavy atom. The Labute approximate surface area is 189 Å². The van der Waals surface area contributed by atoms with Gasteiger partial charge in [-0.05, 0) is 62.1 Å². The summed E-state index contributed by atoms with van der Waals surface area (Å²) in [4.78, 5) is 29.1. The Bertz CT molecular complexity index is 1140. The molecule has 2 amide bonds. The second kappa shape index (κ2) is 8.58. The molecule has 32 heavy (non-hydrogen) atoms. The lowest BCUT2D eigenvalue weighted by Gasteiger charge is -2.43. The minimum absolute atomic E-state index is 0.00943. The van der Waals surface area contributed by atoms with E-state index in [-0.39, 0.29) is 29.5 Å². The van der Waals surface area contributed by atoms with Gasteiger partial charge in [-0.3, -0.25) is 14.3 Å². The molecule has 1 fully saturated rings. The van der Waals surface area contributed by atoms with Crippen LogP contribution in [0.5, 0.6) is 0 Å². The molecule has 0 aromatic heterocycles. The average Bonchev–Trinajstić information content (AvgIpc) is 2.71. The van der Waals surface area contributed by atoms with Crippen molar-refractivity contribution in [2.24, 2.45) is 5.92 Å². The maximum absolute atomic E-state index is 13.2. The molecule has 0 radical (unpaired) electrons. The van der Waals surface area contributed by atoms with Crippen LogP contribution in [0.2, 0.25) is 0 Å². The van der Waals surface area contributed by atoms with Gasteiger partial charge in [0.25, 0.3) is 0 Å². The third kappa shape index (κ3) is 4.24. The Balaban J connectivity index is 1.70. The van der Waals surface area contributed by atoms with Gasteiger partial charge in [0.05, 0.1) is 23.2 Å². The predicted molar refractivity (Wildman–Crippen MR) is 127 cm³/mol. The summed E-state index contributed by atoms with van der Waals surface area (Å²) in [5.41, 5.74) is 3.81. The average molecular weight is 456 g/mol. The van der Waals surface area contributed by atoms with Crippen LogP contribution in [0.3, 0.4) is 0 Å². The van der Waals surface area contributed by atoms with Crippen molar-refractivity contribution in [3.05, 3.63) is 42.5 Å². The van der Waals surface area contributed by atoms with Gasteiger partial charge in [-0.2, -0.15) is 0 Å². The molecular weight excluding hydrogens is 426 g/mol. The monoisotopic (exact) mass is 455 g/mol. The van der Waals surface area contributed by atoms with Gasteiger partial charge in [0.1, 0.15) is 0 Å². The molecule has 0 bridgehead atoms. The number of fused-ring (bicyclic) bond motifs is 1. The summed E-state index contributed by atoms with van der Waals surface area (Å²) >= 11 is 0. The summed E-state index contributed by atoms with van der Waals surface area (Å²) in [6, 6.07) is 12.8. The van der Waals surface area contributed by atoms with Crippen LogP contribution >= 0.6 is 0 Å². The summed E-state index contributed by atoms with van der Waals surface area (Å²) in [5, 5.41) is 0. The number of amides is 2. The molecule has 1 aliphatic heterocycles. The van der Waals surface area contributed by atoms with E-state index < -0.39 is 10.0 Å². The third-order valence-electron chi connectivity index (χ3n) is 6.34. The van der Waals surface area contributed by atoms with Crippen molar-refractivity contribution in [3.63, 3.8) is 0 Å². The third-order valence-corrected chi connectivity index (χ3v) is 7.65. The lowest BCUT2D eigenvalue weighted by Crippen LogP contribution is -2.53. The van der Waals surface area contributed by atoms with E-state index in [1.165, 1.54) is 0 Å². The van der Waals surface area contributed by atoms with Gasteiger partial charge < -0.3 is 9.80 Å². The fourth-order valence-electron chi connectivity index (χ4n) is 4.35. The molecule has 1 aliphatic carbocycles. The molecule has 0 spiro atoms. The molecule has 7 nitrogen and oxygen atoms in total. The summed E-state index contributed by atoms with van der Waals surface area (Å²) < 4.78 is 26.1. The van der Waals surface area contributed by atoms with Crippen molar-refractivity contribution in [1.82, 2.24) is 0 Å². The van der Waals surface area contributed by atoms with Crippen molar-refractivity contribution >= 4 is 38.9 Å². The van der Waals surface area contributed by atoms with E-state index in [9.17, 15) is 18.0 Å². The number of sulfonamides is 1. The van der Waals surface area contributed by atoms with Crippen LogP contribution in [0, 0.1) is 5.92 Å². The number of rotatable bonds is 5. The number of hydrogen-bond acceptors (Lipinski definition) is 4. The van der Waals surface area contributed by atoms with E-state index >= 15 is 0 Å². The van der Waals surface area contributed by atoms with Crippen LogP contribution < -0.4 is 14.5 Å². The van der Waals surface area contributed by atoms with Gasteiger partial charge in [-0.15, -0.1) is 0 Å². The van der Waals surface area contributed by atoms with Crippen LogP contribution in [0.25, 0.3) is 11.1 Å². The standard InChI is InChI=1S/C24H29N3O4S/c1-4-32(30,31)25-21-11-8-18(9-12-21)20-10-13-22-23(14-20)26(24(29)19-6-5-7-19)15-16(2)27(22)17(3)28/h8-14,16,19,25H,4-7,15H2,1-3H3. The van der Waals surface area contributed by atoms with Gasteiger partial charge in [-0.25, -0.2) is 8.42 Å². The van der Waals surface area contributed by atoms with Crippen LogP contribution in [0.4, 0.5) is 17.1 Å². The number of nitrogens with one attached hydrogen (secondary N) is 1. The van der Waals surface area contributed by atoms with Crippen LogP contribution in [-0.4, -0.2) is 38.6 Å². The predicted octanol–water partition coefficient (Wildman–Crippen LogP) is 4.00. The molecule has 4 rings (SSSR count). The normalized spacial score (nSPS) is 18.7. The van der Waals surface area contributed by atoms with E-state index in [0.717, 1.165) is 41.8 Å². The zero-order valence-electron chi connectivity index (χ0n) is 18.7. The lowest BCUT2D eigenvalue weighted by molar-refractivity contribution is -0.125. The van der Waals surface area contributed by atoms with Crippen molar-refractivity contribution in [1.29, 1.82) is 0 Å². The van der Waals surface area contributed by atoms with Gasteiger partial charge in [0, 0.05) is 25.1 Å². The van der Waals surface area contributed by atoms with Gasteiger partial charge in [0.15, 0.2) is 0 Å². The highest BCUT2D eigenvalue weighted by Gasteiger charge is 2.37. The molecule has 2 aromatic carbocycles. The Hall–Kier alpha value is -2.87. The smallest absolute Gasteiger partial charge is 0.232 e. The maximum atomic E-state index is 13.2. The van der Waals surface area contributed by atoms with Gasteiger partial charge >= 0.3 is 0 Å². The van der Waals surface area contributed by atoms with Crippen molar-refractivity contribution in [3.8, 4) is 11.1 Å². The van der Waals surface area contributed by atoms with Crippen LogP contribution in [0.1, 0.15) is 40.0 Å². The number of benzene rings is 2. The molecule has 0 saturated heterocycles. The highest BCUT2D eigenvalue weighted by atomic mass is 32.2. The number of carbonyl (C=O) groups excluding carboxylic acids is 2.